The zero-order valence-electron chi connectivity index (χ0n) is 27.3. The van der Waals surface area contributed by atoms with Crippen LogP contribution in [0.3, 0.4) is 0 Å². The van der Waals surface area contributed by atoms with Crippen LogP contribution in [0.2, 0.25) is 0 Å². The number of alkyl carbamates (subject to hydrolysis) is 1. The Labute approximate surface area is 279 Å². The van der Waals surface area contributed by atoms with Crippen molar-refractivity contribution in [3.63, 3.8) is 0 Å². The van der Waals surface area contributed by atoms with Crippen molar-refractivity contribution in [1.82, 2.24) is 19.9 Å². The van der Waals surface area contributed by atoms with Crippen molar-refractivity contribution in [3.05, 3.63) is 54.1 Å². The molecule has 3 heterocycles. The molecule has 3 aromatic rings. The van der Waals surface area contributed by atoms with E-state index in [2.05, 4.69) is 20.9 Å². The van der Waals surface area contributed by atoms with Crippen molar-refractivity contribution >= 4 is 39.1 Å². The zero-order valence-corrected chi connectivity index (χ0v) is 28.1. The third-order valence-electron chi connectivity index (χ3n) is 8.23. The second kappa shape index (κ2) is 15.6. The Morgan fingerprint density at radius 3 is 2.48 bits per heavy atom. The molecule has 0 bridgehead atoms. The van der Waals surface area contributed by atoms with Crippen LogP contribution in [-0.2, 0) is 40.2 Å². The van der Waals surface area contributed by atoms with Crippen LogP contribution < -0.4 is 16.0 Å². The normalized spacial score (nSPS) is 22.1. The van der Waals surface area contributed by atoms with Crippen LogP contribution in [0.5, 0.6) is 0 Å². The van der Waals surface area contributed by atoms with Gasteiger partial charge in [-0.05, 0) is 30.0 Å². The van der Waals surface area contributed by atoms with E-state index < -0.39 is 52.7 Å². The molecule has 0 unspecified atom stereocenters. The Hall–Kier alpha value is -3.80. The molecule has 0 saturated carbocycles. The van der Waals surface area contributed by atoms with Crippen molar-refractivity contribution in [2.75, 3.05) is 52.3 Å². The van der Waals surface area contributed by atoms with E-state index >= 15 is 0 Å². The highest BCUT2D eigenvalue weighted by Crippen LogP contribution is 2.35. The minimum atomic E-state index is -4.11. The number of carbonyl (C=O) groups is 2. The van der Waals surface area contributed by atoms with Gasteiger partial charge in [-0.3, -0.25) is 4.79 Å². The van der Waals surface area contributed by atoms with E-state index in [1.807, 2.05) is 44.2 Å². The van der Waals surface area contributed by atoms with Gasteiger partial charge in [-0.1, -0.05) is 44.2 Å². The molecule has 5 rings (SSSR count). The number of aliphatic hydroxyl groups is 1. The zero-order chi connectivity index (χ0) is 34.4. The molecule has 0 spiro atoms. The molecule has 2 aromatic carbocycles. The number of aliphatic hydroxyl groups excluding tert-OH is 1. The molecular weight excluding hydrogens is 646 g/mol. The van der Waals surface area contributed by atoms with Crippen LogP contribution in [0.1, 0.15) is 19.4 Å². The van der Waals surface area contributed by atoms with E-state index in [1.54, 1.807) is 13.1 Å². The summed E-state index contributed by atoms with van der Waals surface area (Å²) >= 11 is 0. The number of benzene rings is 2. The van der Waals surface area contributed by atoms with Crippen molar-refractivity contribution in [2.45, 2.75) is 55.8 Å². The summed E-state index contributed by atoms with van der Waals surface area (Å²) in [6, 6.07) is 13.0. The van der Waals surface area contributed by atoms with Crippen LogP contribution in [0.4, 0.5) is 10.8 Å². The number of anilines is 1. The molecule has 2 amide bonds. The summed E-state index contributed by atoms with van der Waals surface area (Å²) in [5.74, 6) is -0.847. The van der Waals surface area contributed by atoms with Crippen LogP contribution in [0.15, 0.2) is 57.8 Å². The number of aromatic nitrogens is 1. The number of oxazole rings is 1. The summed E-state index contributed by atoms with van der Waals surface area (Å²) in [5, 5.41) is 19.7. The highest BCUT2D eigenvalue weighted by Gasteiger charge is 2.51. The number of amides is 2. The summed E-state index contributed by atoms with van der Waals surface area (Å²) in [4.78, 5) is 29.3. The van der Waals surface area contributed by atoms with E-state index in [4.69, 9.17) is 23.4 Å². The fourth-order valence-electron chi connectivity index (χ4n) is 5.80. The molecule has 0 aliphatic carbocycles. The lowest BCUT2D eigenvalue weighted by atomic mass is 10.00. The lowest BCUT2D eigenvalue weighted by Gasteiger charge is -2.31. The maximum atomic E-state index is 14.0. The second-order valence-electron chi connectivity index (χ2n) is 12.2. The number of carbonyl (C=O) groups excluding carboxylic acids is 2. The average molecular weight is 690 g/mol. The Kier molecular flexibility index (Phi) is 11.5. The van der Waals surface area contributed by atoms with Gasteiger partial charge in [0.2, 0.25) is 15.9 Å². The highest BCUT2D eigenvalue weighted by atomic mass is 32.2. The van der Waals surface area contributed by atoms with Gasteiger partial charge in [0.25, 0.3) is 6.01 Å². The van der Waals surface area contributed by atoms with E-state index in [1.165, 1.54) is 23.5 Å². The highest BCUT2D eigenvalue weighted by molar-refractivity contribution is 7.89. The molecule has 16 heteroatoms. The molecule has 2 aliphatic rings. The predicted molar refractivity (Wildman–Crippen MR) is 173 cm³/mol. The van der Waals surface area contributed by atoms with Gasteiger partial charge in [0.1, 0.15) is 18.2 Å². The molecule has 15 nitrogen and oxygen atoms in total. The molecule has 1 aromatic heterocycles. The van der Waals surface area contributed by atoms with Gasteiger partial charge >= 0.3 is 6.09 Å². The summed E-state index contributed by atoms with van der Waals surface area (Å²) in [6.07, 6.45) is -3.89. The Bertz CT molecular complexity index is 1650. The summed E-state index contributed by atoms with van der Waals surface area (Å²) in [6.45, 7) is 3.59. The molecule has 0 radical (unpaired) electrons. The quantitative estimate of drug-likeness (QED) is 0.181. The summed E-state index contributed by atoms with van der Waals surface area (Å²) in [7, 11) is -0.966. The minimum Gasteiger partial charge on any atom is -0.443 e. The van der Waals surface area contributed by atoms with E-state index in [9.17, 15) is 23.1 Å². The number of hydrogen-bond donors (Lipinski definition) is 4. The van der Waals surface area contributed by atoms with Crippen molar-refractivity contribution in [3.8, 4) is 0 Å². The van der Waals surface area contributed by atoms with Gasteiger partial charge in [0.05, 0.1) is 42.3 Å². The summed E-state index contributed by atoms with van der Waals surface area (Å²) in [5.41, 5.74) is 1.60. The SMILES string of the molecule is CNC(=O)CO[C@H]1CO[C@@H]2OC[C@H](OC(=O)N[C@@H](Cc3ccccc3)[C@H](O)CN(CC(C)C)S(=O)(=O)c3ccc4nc(NC)oc4c3)[C@@H]21. The van der Waals surface area contributed by atoms with Crippen molar-refractivity contribution in [1.29, 1.82) is 0 Å². The molecule has 2 aliphatic heterocycles. The van der Waals surface area contributed by atoms with Crippen LogP contribution in [0, 0.1) is 11.8 Å². The molecule has 2 fully saturated rings. The number of rotatable bonds is 15. The van der Waals surface area contributed by atoms with Crippen LogP contribution in [-0.4, -0.2) is 112 Å². The maximum Gasteiger partial charge on any atom is 0.407 e. The van der Waals surface area contributed by atoms with Gasteiger partial charge in [-0.25, -0.2) is 13.2 Å². The maximum absolute atomic E-state index is 14.0. The Morgan fingerprint density at radius 2 is 1.79 bits per heavy atom. The Morgan fingerprint density at radius 1 is 1.06 bits per heavy atom. The number of nitrogens with zero attached hydrogens (tertiary/aromatic N) is 2. The van der Waals surface area contributed by atoms with Crippen LogP contribution in [0.25, 0.3) is 11.1 Å². The second-order valence-corrected chi connectivity index (χ2v) is 14.1. The van der Waals surface area contributed by atoms with Crippen molar-refractivity contribution in [2.24, 2.45) is 11.8 Å². The lowest BCUT2D eigenvalue weighted by Crippen LogP contribution is -2.52. The van der Waals surface area contributed by atoms with Gasteiger partial charge in [-0.2, -0.15) is 9.29 Å². The fourth-order valence-corrected chi connectivity index (χ4v) is 7.44. The van der Waals surface area contributed by atoms with Gasteiger partial charge in [-0.15, -0.1) is 0 Å². The topological polar surface area (TPSA) is 191 Å². The van der Waals surface area contributed by atoms with Gasteiger partial charge in [0.15, 0.2) is 11.9 Å². The number of sulfonamides is 1. The molecule has 262 valence electrons. The van der Waals surface area contributed by atoms with E-state index in [0.717, 1.165) is 5.56 Å². The first kappa shape index (κ1) is 35.5. The molecule has 4 N–H and O–H groups in total. The van der Waals surface area contributed by atoms with Gasteiger partial charge < -0.3 is 44.4 Å². The summed E-state index contributed by atoms with van der Waals surface area (Å²) < 4.78 is 57.5. The molecule has 48 heavy (non-hydrogen) atoms. The number of ether oxygens (including phenoxy) is 4. The third kappa shape index (κ3) is 8.43. The average Bonchev–Trinajstić information content (AvgIpc) is 3.78. The first-order chi connectivity index (χ1) is 23.0. The van der Waals surface area contributed by atoms with E-state index in [-0.39, 0.29) is 62.1 Å². The Balaban J connectivity index is 1.32. The third-order valence-corrected chi connectivity index (χ3v) is 10.1. The first-order valence-corrected chi connectivity index (χ1v) is 17.3. The standard InChI is InChI=1S/C32H43N5O10S/c1-19(2)14-37(48(41,42)21-10-11-22-25(13-21)46-31(34-4)35-22)15-24(38)23(12-20-8-6-5-7-9-20)36-32(40)47-27-17-45-30-29(27)26(16-44-30)43-18-28(39)33-3/h5-11,13,19,23-24,26-27,29-30,38H,12,14-18H2,1-4H3,(H,33,39)(H,34,35)(H,36,40)/t23-,24+,26-,27-,29-,30+/m0/s1. The molecular formula is C32H43N5O10S. The number of hydrogen-bond acceptors (Lipinski definition) is 12. The number of likely N-dealkylation sites (N-methyl/N-ethyl adjacent to an activating group) is 1. The monoisotopic (exact) mass is 689 g/mol. The lowest BCUT2D eigenvalue weighted by molar-refractivity contribution is -0.128. The van der Waals surface area contributed by atoms with Gasteiger partial charge in [0, 0.05) is 33.3 Å². The number of fused-ring (bicyclic) bond motifs is 2. The fraction of sp³-hybridized carbons (Fsp3) is 0.531. The van der Waals surface area contributed by atoms with Crippen molar-refractivity contribution < 1.29 is 46.5 Å². The number of nitrogens with one attached hydrogen (secondary N) is 3. The molecule has 2 saturated heterocycles. The molecule has 6 atom stereocenters. The smallest absolute Gasteiger partial charge is 0.407 e. The largest absolute Gasteiger partial charge is 0.443 e. The minimum absolute atomic E-state index is 0.0172. The van der Waals surface area contributed by atoms with Crippen LogP contribution >= 0.6 is 0 Å². The van der Waals surface area contributed by atoms with E-state index in [0.29, 0.717) is 11.1 Å². The predicted octanol–water partition coefficient (Wildman–Crippen LogP) is 1.72. The first-order valence-electron chi connectivity index (χ1n) is 15.8.